The second-order valence-electron chi connectivity index (χ2n) is 8.44. The molecule has 0 saturated carbocycles. The van der Waals surface area contributed by atoms with Crippen molar-refractivity contribution in [3.8, 4) is 28.0 Å². The Hall–Kier alpha value is -3.05. The molecule has 0 amide bonds. The van der Waals surface area contributed by atoms with E-state index in [1.807, 2.05) is 13.0 Å². The lowest BCUT2D eigenvalue weighted by molar-refractivity contribution is -0.0141. The van der Waals surface area contributed by atoms with Gasteiger partial charge in [-0.25, -0.2) is 8.78 Å². The van der Waals surface area contributed by atoms with Gasteiger partial charge in [0.15, 0.2) is 11.6 Å². The van der Waals surface area contributed by atoms with E-state index in [-0.39, 0.29) is 29.8 Å². The van der Waals surface area contributed by atoms with Crippen LogP contribution in [0.15, 0.2) is 66.7 Å². The highest BCUT2D eigenvalue weighted by atomic mass is 19.2. The van der Waals surface area contributed by atoms with Crippen molar-refractivity contribution in [1.82, 2.24) is 0 Å². The van der Waals surface area contributed by atoms with Crippen molar-refractivity contribution in [3.05, 3.63) is 89.8 Å². The standard InChI is InChI=1S/C28H27F3O2/c1-3-4-15-32-26-14-12-22(27(30)28(26)31)20-8-6-19(7-9-20)21-10-11-23(24(29)16-21)25-13-5-18(2)17-33-25/h3-4,6-12,14,16,18,25H,5,13,15,17H2,1-2H3/b4-3+. The average molecular weight is 453 g/mol. The number of halogens is 3. The topological polar surface area (TPSA) is 18.5 Å². The fourth-order valence-corrected chi connectivity index (χ4v) is 4.04. The van der Waals surface area contributed by atoms with Crippen molar-refractivity contribution in [3.63, 3.8) is 0 Å². The van der Waals surface area contributed by atoms with Gasteiger partial charge in [-0.05, 0) is 60.6 Å². The summed E-state index contributed by atoms with van der Waals surface area (Å²) < 4.78 is 54.9. The predicted octanol–water partition coefficient (Wildman–Crippen LogP) is 7.88. The van der Waals surface area contributed by atoms with E-state index in [4.69, 9.17) is 9.47 Å². The number of rotatable bonds is 6. The number of ether oxygens (including phenoxy) is 2. The molecule has 1 aliphatic heterocycles. The molecule has 3 aromatic rings. The zero-order valence-corrected chi connectivity index (χ0v) is 18.8. The lowest BCUT2D eigenvalue weighted by atomic mass is 9.94. The third kappa shape index (κ3) is 5.14. The SMILES string of the molecule is C/C=C/COc1ccc(-c2ccc(-c3ccc(C4CCC(C)CO4)c(F)c3)cc2)c(F)c1F. The summed E-state index contributed by atoms with van der Waals surface area (Å²) in [6.45, 7) is 4.77. The monoisotopic (exact) mass is 452 g/mol. The van der Waals surface area contributed by atoms with Crippen LogP contribution in [0.3, 0.4) is 0 Å². The third-order valence-corrected chi connectivity index (χ3v) is 6.00. The Morgan fingerprint density at radius 3 is 2.30 bits per heavy atom. The van der Waals surface area contributed by atoms with Crippen LogP contribution in [0.25, 0.3) is 22.3 Å². The minimum atomic E-state index is -1.02. The van der Waals surface area contributed by atoms with E-state index in [0.29, 0.717) is 29.2 Å². The van der Waals surface area contributed by atoms with Crippen LogP contribution >= 0.6 is 0 Å². The van der Waals surface area contributed by atoms with Crippen molar-refractivity contribution in [2.75, 3.05) is 13.2 Å². The molecular formula is C28H27F3O2. The summed E-state index contributed by atoms with van der Waals surface area (Å²) in [5.74, 6) is -1.89. The van der Waals surface area contributed by atoms with Crippen LogP contribution in [0.5, 0.6) is 5.75 Å². The zero-order chi connectivity index (χ0) is 23.4. The molecule has 172 valence electrons. The Kier molecular flexibility index (Phi) is 7.19. The van der Waals surface area contributed by atoms with E-state index in [0.717, 1.165) is 18.4 Å². The molecule has 3 aromatic carbocycles. The maximum absolute atomic E-state index is 14.8. The molecule has 1 fully saturated rings. The minimum absolute atomic E-state index is 0.127. The first-order valence-electron chi connectivity index (χ1n) is 11.2. The first-order valence-corrected chi connectivity index (χ1v) is 11.2. The molecule has 4 rings (SSSR count). The maximum Gasteiger partial charge on any atom is 0.201 e. The lowest BCUT2D eigenvalue weighted by Crippen LogP contribution is -2.19. The van der Waals surface area contributed by atoms with E-state index < -0.39 is 11.6 Å². The van der Waals surface area contributed by atoms with E-state index in [2.05, 4.69) is 6.92 Å². The summed E-state index contributed by atoms with van der Waals surface area (Å²) in [6, 6.07) is 15.0. The van der Waals surface area contributed by atoms with Crippen LogP contribution in [-0.4, -0.2) is 13.2 Å². The van der Waals surface area contributed by atoms with Gasteiger partial charge >= 0.3 is 0 Å². The van der Waals surface area contributed by atoms with Crippen LogP contribution < -0.4 is 4.74 Å². The molecular weight excluding hydrogens is 425 g/mol. The van der Waals surface area contributed by atoms with E-state index in [9.17, 15) is 13.2 Å². The summed E-state index contributed by atoms with van der Waals surface area (Å²) in [6.07, 6.45) is 5.11. The van der Waals surface area contributed by atoms with Gasteiger partial charge in [-0.1, -0.05) is 55.5 Å². The first-order chi connectivity index (χ1) is 16.0. The van der Waals surface area contributed by atoms with E-state index in [1.165, 1.54) is 18.2 Å². The van der Waals surface area contributed by atoms with Crippen LogP contribution in [0.2, 0.25) is 0 Å². The highest BCUT2D eigenvalue weighted by molar-refractivity contribution is 5.71. The molecule has 0 bridgehead atoms. The molecule has 0 aromatic heterocycles. The molecule has 2 nitrogen and oxygen atoms in total. The number of allylic oxidation sites excluding steroid dienone is 1. The fraction of sp³-hybridized carbons (Fsp3) is 0.286. The Labute approximate surface area is 192 Å². The molecule has 0 spiro atoms. The van der Waals surface area contributed by atoms with Crippen LogP contribution in [0.4, 0.5) is 13.2 Å². The smallest absolute Gasteiger partial charge is 0.201 e. The molecule has 1 saturated heterocycles. The molecule has 2 unspecified atom stereocenters. The fourth-order valence-electron chi connectivity index (χ4n) is 4.04. The Balaban J connectivity index is 1.53. The van der Waals surface area contributed by atoms with Gasteiger partial charge in [-0.3, -0.25) is 0 Å². The van der Waals surface area contributed by atoms with Gasteiger partial charge in [-0.2, -0.15) is 4.39 Å². The Bertz CT molecular complexity index is 1130. The summed E-state index contributed by atoms with van der Waals surface area (Å²) in [7, 11) is 0. The summed E-state index contributed by atoms with van der Waals surface area (Å²) in [5.41, 5.74) is 2.75. The molecule has 2 atom stereocenters. The Morgan fingerprint density at radius 1 is 0.909 bits per heavy atom. The van der Waals surface area contributed by atoms with Gasteiger partial charge in [-0.15, -0.1) is 0 Å². The van der Waals surface area contributed by atoms with Crippen molar-refractivity contribution >= 4 is 0 Å². The molecule has 33 heavy (non-hydrogen) atoms. The van der Waals surface area contributed by atoms with Gasteiger partial charge in [0.1, 0.15) is 12.4 Å². The van der Waals surface area contributed by atoms with Crippen LogP contribution in [-0.2, 0) is 4.74 Å². The van der Waals surface area contributed by atoms with Gasteiger partial charge in [0.25, 0.3) is 0 Å². The molecule has 1 heterocycles. The first kappa shape index (κ1) is 23.1. The van der Waals surface area contributed by atoms with Crippen molar-refractivity contribution < 1.29 is 22.6 Å². The molecule has 0 N–H and O–H groups in total. The van der Waals surface area contributed by atoms with Gasteiger partial charge in [0.2, 0.25) is 5.82 Å². The quantitative estimate of drug-likeness (QED) is 0.354. The molecule has 5 heteroatoms. The number of hydrogen-bond donors (Lipinski definition) is 0. The Morgan fingerprint density at radius 2 is 1.64 bits per heavy atom. The summed E-state index contributed by atoms with van der Waals surface area (Å²) in [4.78, 5) is 0. The van der Waals surface area contributed by atoms with Crippen LogP contribution in [0, 0.1) is 23.4 Å². The number of hydrogen-bond acceptors (Lipinski definition) is 2. The molecule has 0 radical (unpaired) electrons. The largest absolute Gasteiger partial charge is 0.486 e. The van der Waals surface area contributed by atoms with Crippen molar-refractivity contribution in [2.45, 2.75) is 32.8 Å². The third-order valence-electron chi connectivity index (χ3n) is 6.00. The summed E-state index contributed by atoms with van der Waals surface area (Å²) >= 11 is 0. The van der Waals surface area contributed by atoms with Gasteiger partial charge in [0, 0.05) is 17.7 Å². The van der Waals surface area contributed by atoms with Crippen LogP contribution in [0.1, 0.15) is 38.4 Å². The highest BCUT2D eigenvalue weighted by Crippen LogP contribution is 2.35. The van der Waals surface area contributed by atoms with Gasteiger partial charge in [0.05, 0.1) is 6.10 Å². The van der Waals surface area contributed by atoms with Crippen molar-refractivity contribution in [1.29, 1.82) is 0 Å². The minimum Gasteiger partial charge on any atom is -0.486 e. The van der Waals surface area contributed by atoms with E-state index >= 15 is 0 Å². The average Bonchev–Trinajstić information content (AvgIpc) is 2.83. The van der Waals surface area contributed by atoms with Crippen molar-refractivity contribution in [2.24, 2.45) is 5.92 Å². The van der Waals surface area contributed by atoms with Gasteiger partial charge < -0.3 is 9.47 Å². The van der Waals surface area contributed by atoms with E-state index in [1.54, 1.807) is 42.5 Å². The lowest BCUT2D eigenvalue weighted by Gasteiger charge is -2.27. The highest BCUT2D eigenvalue weighted by Gasteiger charge is 2.23. The predicted molar refractivity (Wildman–Crippen MR) is 125 cm³/mol. The summed E-state index contributed by atoms with van der Waals surface area (Å²) in [5, 5.41) is 0. The number of benzene rings is 3. The second kappa shape index (κ2) is 10.3. The zero-order valence-electron chi connectivity index (χ0n) is 18.8. The normalized spacial score (nSPS) is 18.6. The molecule has 0 aliphatic carbocycles. The molecule has 1 aliphatic rings. The maximum atomic E-state index is 14.8. The second-order valence-corrected chi connectivity index (χ2v) is 8.44.